The average Bonchev–Trinajstić information content (AvgIpc) is 2.36. The zero-order valence-corrected chi connectivity index (χ0v) is 12.5. The molecule has 1 amide bonds. The summed E-state index contributed by atoms with van der Waals surface area (Å²) in [6, 6.07) is 0. The van der Waals surface area contributed by atoms with Crippen LogP contribution in [0.4, 0.5) is 0 Å². The number of amides is 1. The van der Waals surface area contributed by atoms with Crippen LogP contribution in [0.1, 0.15) is 38.5 Å². The Hall–Kier alpha value is -0.610. The second-order valence-electron chi connectivity index (χ2n) is 6.46. The lowest BCUT2D eigenvalue weighted by Crippen LogP contribution is -2.51. The van der Waals surface area contributed by atoms with Crippen LogP contribution in [0.15, 0.2) is 0 Å². The van der Waals surface area contributed by atoms with E-state index >= 15 is 0 Å². The number of nitrogens with zero attached hydrogens (tertiary/aromatic N) is 1. The van der Waals surface area contributed by atoms with Gasteiger partial charge in [-0.25, -0.2) is 0 Å². The predicted octanol–water partition coefficient (Wildman–Crippen LogP) is 1.22. The highest BCUT2D eigenvalue weighted by molar-refractivity contribution is 5.83. The van der Waals surface area contributed by atoms with E-state index in [1.807, 2.05) is 7.05 Å². The van der Waals surface area contributed by atoms with Gasteiger partial charge in [0.2, 0.25) is 5.91 Å². The Morgan fingerprint density at radius 2 is 2.00 bits per heavy atom. The number of carbonyl (C=O) groups is 1. The molecule has 2 fully saturated rings. The minimum Gasteiger partial charge on any atom is -0.356 e. The largest absolute Gasteiger partial charge is 0.356 e. The number of nitrogens with one attached hydrogen (secondary N) is 2. The van der Waals surface area contributed by atoms with E-state index in [4.69, 9.17) is 0 Å². The third-order valence-corrected chi connectivity index (χ3v) is 4.98. The summed E-state index contributed by atoms with van der Waals surface area (Å²) >= 11 is 0. The van der Waals surface area contributed by atoms with E-state index in [9.17, 15) is 4.79 Å². The quantitative estimate of drug-likeness (QED) is 0.761. The van der Waals surface area contributed by atoms with E-state index in [0.717, 1.165) is 38.3 Å². The van der Waals surface area contributed by atoms with Crippen molar-refractivity contribution in [2.45, 2.75) is 38.5 Å². The lowest BCUT2D eigenvalue weighted by atomic mass is 9.68. The van der Waals surface area contributed by atoms with Crippen molar-refractivity contribution in [1.29, 1.82) is 0 Å². The van der Waals surface area contributed by atoms with Gasteiger partial charge in [0.15, 0.2) is 0 Å². The number of carbonyl (C=O) groups excluding carboxylic acids is 1. The van der Waals surface area contributed by atoms with Crippen LogP contribution in [-0.2, 0) is 4.79 Å². The standard InChI is InChI=1S/C15H29N3O/c1-16-12-15(7-3-8-15)14(19)17-9-4-13-5-10-18(2)11-6-13/h13,16H,3-12H2,1-2H3,(H,17,19). The first-order valence-electron chi connectivity index (χ1n) is 7.78. The molecule has 0 aromatic rings. The zero-order chi connectivity index (χ0) is 13.7. The molecule has 0 aromatic carbocycles. The van der Waals surface area contributed by atoms with Gasteiger partial charge < -0.3 is 15.5 Å². The summed E-state index contributed by atoms with van der Waals surface area (Å²) in [6.07, 6.45) is 7.02. The van der Waals surface area contributed by atoms with Crippen LogP contribution in [0.2, 0.25) is 0 Å². The Kier molecular flexibility index (Phi) is 5.22. The lowest BCUT2D eigenvalue weighted by molar-refractivity contribution is -0.135. The van der Waals surface area contributed by atoms with Gasteiger partial charge in [-0.15, -0.1) is 0 Å². The fourth-order valence-corrected chi connectivity index (χ4v) is 3.35. The van der Waals surface area contributed by atoms with E-state index in [0.29, 0.717) is 0 Å². The van der Waals surface area contributed by atoms with Crippen LogP contribution in [0, 0.1) is 11.3 Å². The van der Waals surface area contributed by atoms with Gasteiger partial charge in [0.1, 0.15) is 0 Å². The highest BCUT2D eigenvalue weighted by Gasteiger charge is 2.43. The van der Waals surface area contributed by atoms with Gasteiger partial charge in [0, 0.05) is 13.1 Å². The van der Waals surface area contributed by atoms with Crippen LogP contribution < -0.4 is 10.6 Å². The van der Waals surface area contributed by atoms with Crippen LogP contribution in [0.3, 0.4) is 0 Å². The van der Waals surface area contributed by atoms with E-state index in [1.165, 1.54) is 32.4 Å². The Balaban J connectivity index is 1.66. The van der Waals surface area contributed by atoms with Crippen molar-refractivity contribution in [2.24, 2.45) is 11.3 Å². The highest BCUT2D eigenvalue weighted by atomic mass is 16.2. The maximum atomic E-state index is 12.3. The number of rotatable bonds is 6. The maximum absolute atomic E-state index is 12.3. The molecule has 0 spiro atoms. The van der Waals surface area contributed by atoms with E-state index in [1.54, 1.807) is 0 Å². The van der Waals surface area contributed by atoms with Gasteiger partial charge in [0.05, 0.1) is 5.41 Å². The van der Waals surface area contributed by atoms with Gasteiger partial charge >= 0.3 is 0 Å². The van der Waals surface area contributed by atoms with Gasteiger partial charge in [-0.1, -0.05) is 6.42 Å². The summed E-state index contributed by atoms with van der Waals surface area (Å²) in [6.45, 7) is 4.11. The van der Waals surface area contributed by atoms with Gasteiger partial charge in [0.25, 0.3) is 0 Å². The second kappa shape index (κ2) is 6.71. The molecule has 1 aliphatic carbocycles. The molecule has 0 bridgehead atoms. The monoisotopic (exact) mass is 267 g/mol. The van der Waals surface area contributed by atoms with Crippen LogP contribution in [-0.4, -0.2) is 51.1 Å². The Morgan fingerprint density at radius 1 is 1.32 bits per heavy atom. The fourth-order valence-electron chi connectivity index (χ4n) is 3.35. The number of piperidine rings is 1. The van der Waals surface area contributed by atoms with Gasteiger partial charge in [-0.05, 0) is 65.2 Å². The molecule has 4 nitrogen and oxygen atoms in total. The molecule has 19 heavy (non-hydrogen) atoms. The van der Waals surface area contributed by atoms with Gasteiger partial charge in [-0.2, -0.15) is 0 Å². The van der Waals surface area contributed by atoms with Crippen LogP contribution >= 0.6 is 0 Å². The maximum Gasteiger partial charge on any atom is 0.227 e. The highest BCUT2D eigenvalue weighted by Crippen LogP contribution is 2.40. The summed E-state index contributed by atoms with van der Waals surface area (Å²) in [5, 5.41) is 6.35. The SMILES string of the molecule is CNCC1(C(=O)NCCC2CCN(C)CC2)CCC1. The summed E-state index contributed by atoms with van der Waals surface area (Å²) in [7, 11) is 4.13. The van der Waals surface area contributed by atoms with E-state index in [-0.39, 0.29) is 11.3 Å². The topological polar surface area (TPSA) is 44.4 Å². The molecule has 0 atom stereocenters. The molecule has 2 aliphatic rings. The molecule has 2 N–H and O–H groups in total. The van der Waals surface area contributed by atoms with Crippen LogP contribution in [0.5, 0.6) is 0 Å². The first kappa shape index (κ1) is 14.8. The first-order valence-corrected chi connectivity index (χ1v) is 7.78. The van der Waals surface area contributed by atoms with E-state index < -0.39 is 0 Å². The predicted molar refractivity (Wildman–Crippen MR) is 78.1 cm³/mol. The van der Waals surface area contributed by atoms with Gasteiger partial charge in [-0.3, -0.25) is 4.79 Å². The molecular formula is C15H29N3O. The van der Waals surface area contributed by atoms with Crippen molar-refractivity contribution in [2.75, 3.05) is 40.3 Å². The van der Waals surface area contributed by atoms with Crippen molar-refractivity contribution < 1.29 is 4.79 Å². The third-order valence-electron chi connectivity index (χ3n) is 4.98. The Morgan fingerprint density at radius 3 is 2.53 bits per heavy atom. The Bertz CT molecular complexity index is 294. The molecule has 110 valence electrons. The molecule has 0 radical (unpaired) electrons. The number of hydrogen-bond donors (Lipinski definition) is 2. The zero-order valence-electron chi connectivity index (χ0n) is 12.5. The fraction of sp³-hybridized carbons (Fsp3) is 0.933. The molecule has 4 heteroatoms. The summed E-state index contributed by atoms with van der Waals surface area (Å²) in [5.74, 6) is 1.08. The van der Waals surface area contributed by atoms with Crippen molar-refractivity contribution in [1.82, 2.24) is 15.5 Å². The van der Waals surface area contributed by atoms with Crippen LogP contribution in [0.25, 0.3) is 0 Å². The molecule has 1 aliphatic heterocycles. The molecule has 1 saturated heterocycles. The first-order chi connectivity index (χ1) is 9.16. The summed E-state index contributed by atoms with van der Waals surface area (Å²) in [5.41, 5.74) is -0.0957. The minimum atomic E-state index is -0.0957. The molecule has 1 heterocycles. The summed E-state index contributed by atoms with van der Waals surface area (Å²) in [4.78, 5) is 14.7. The van der Waals surface area contributed by atoms with Crippen molar-refractivity contribution in [3.8, 4) is 0 Å². The smallest absolute Gasteiger partial charge is 0.227 e. The number of hydrogen-bond acceptors (Lipinski definition) is 3. The molecule has 0 unspecified atom stereocenters. The molecule has 0 aromatic heterocycles. The lowest BCUT2D eigenvalue weighted by Gasteiger charge is -2.40. The summed E-state index contributed by atoms with van der Waals surface area (Å²) < 4.78 is 0. The van der Waals surface area contributed by atoms with Crippen molar-refractivity contribution in [3.63, 3.8) is 0 Å². The average molecular weight is 267 g/mol. The normalized spacial score (nSPS) is 23.9. The second-order valence-corrected chi connectivity index (χ2v) is 6.46. The minimum absolute atomic E-state index is 0.0957. The van der Waals surface area contributed by atoms with Crippen molar-refractivity contribution >= 4 is 5.91 Å². The molecule has 1 saturated carbocycles. The molecule has 2 rings (SSSR count). The third kappa shape index (κ3) is 3.69. The number of likely N-dealkylation sites (tertiary alicyclic amines) is 1. The van der Waals surface area contributed by atoms with Crippen molar-refractivity contribution in [3.05, 3.63) is 0 Å². The van der Waals surface area contributed by atoms with E-state index in [2.05, 4.69) is 22.6 Å². The Labute approximate surface area is 117 Å². The molecular weight excluding hydrogens is 238 g/mol.